The normalized spacial score (nSPS) is 10.4. The molecule has 0 amide bonds. The summed E-state index contributed by atoms with van der Waals surface area (Å²) in [5.74, 6) is 0.550. The Hall–Kier alpha value is -1.75. The Labute approximate surface area is 97.1 Å². The number of halogens is 1. The summed E-state index contributed by atoms with van der Waals surface area (Å²) in [5, 5.41) is 4.57. The van der Waals surface area contributed by atoms with Crippen LogP contribution in [-0.2, 0) is 0 Å². The molecule has 2 heterocycles. The summed E-state index contributed by atoms with van der Waals surface area (Å²) in [6, 6.07) is 1.59. The number of carbonyl (C=O) groups excluding carboxylic acids is 1. The van der Waals surface area contributed by atoms with E-state index in [1.165, 1.54) is 6.33 Å². The first-order chi connectivity index (χ1) is 7.63. The molecule has 0 aliphatic heterocycles. The molecular weight excluding hydrogens is 228 g/mol. The number of aromatic nitrogens is 4. The molecule has 0 bridgehead atoms. The van der Waals surface area contributed by atoms with Crippen molar-refractivity contribution in [2.24, 2.45) is 0 Å². The molecule has 0 unspecified atom stereocenters. The van der Waals surface area contributed by atoms with E-state index in [-0.39, 0.29) is 0 Å². The van der Waals surface area contributed by atoms with E-state index in [1.807, 2.05) is 0 Å². The highest BCUT2D eigenvalue weighted by Crippen LogP contribution is 2.15. The van der Waals surface area contributed by atoms with Crippen LogP contribution in [0.25, 0.3) is 5.82 Å². The van der Waals surface area contributed by atoms with Crippen LogP contribution in [0.1, 0.15) is 21.7 Å². The van der Waals surface area contributed by atoms with Crippen LogP contribution in [-0.4, -0.2) is 26.0 Å². The fourth-order valence-corrected chi connectivity index (χ4v) is 1.63. The lowest BCUT2D eigenvalue weighted by Gasteiger charge is -2.02. The third-order valence-corrected chi connectivity index (χ3v) is 2.51. The number of aldehydes is 1. The maximum atomic E-state index is 10.8. The van der Waals surface area contributed by atoms with Crippen molar-refractivity contribution in [3.05, 3.63) is 34.5 Å². The fourth-order valence-electron chi connectivity index (χ4n) is 1.49. The minimum absolute atomic E-state index is 0.338. The van der Waals surface area contributed by atoms with Gasteiger partial charge in [-0.1, -0.05) is 11.6 Å². The second-order valence-electron chi connectivity index (χ2n) is 3.31. The second-order valence-corrected chi connectivity index (χ2v) is 3.70. The number of carbonyl (C=O) groups is 1. The van der Waals surface area contributed by atoms with Gasteiger partial charge in [-0.25, -0.2) is 14.6 Å². The van der Waals surface area contributed by atoms with Crippen LogP contribution in [0, 0.1) is 13.8 Å². The van der Waals surface area contributed by atoms with Crippen molar-refractivity contribution in [1.82, 2.24) is 19.7 Å². The van der Waals surface area contributed by atoms with Crippen LogP contribution < -0.4 is 0 Å². The summed E-state index contributed by atoms with van der Waals surface area (Å²) in [4.78, 5) is 18.7. The van der Waals surface area contributed by atoms with Gasteiger partial charge in [-0.2, -0.15) is 5.10 Å². The topological polar surface area (TPSA) is 60.7 Å². The highest BCUT2D eigenvalue weighted by atomic mass is 35.5. The number of aryl methyl sites for hydroxylation is 1. The Kier molecular flexibility index (Phi) is 2.70. The molecule has 0 atom stereocenters. The predicted molar refractivity (Wildman–Crippen MR) is 59.0 cm³/mol. The van der Waals surface area contributed by atoms with Gasteiger partial charge in [0.25, 0.3) is 0 Å². The third kappa shape index (κ3) is 1.69. The van der Waals surface area contributed by atoms with E-state index < -0.39 is 0 Å². The van der Waals surface area contributed by atoms with Gasteiger partial charge in [-0.05, 0) is 13.8 Å². The summed E-state index contributed by atoms with van der Waals surface area (Å²) in [5.41, 5.74) is 1.99. The largest absolute Gasteiger partial charge is 0.298 e. The summed E-state index contributed by atoms with van der Waals surface area (Å²) in [6.07, 6.45) is 2.14. The van der Waals surface area contributed by atoms with E-state index in [0.717, 1.165) is 12.0 Å². The van der Waals surface area contributed by atoms with Gasteiger partial charge in [0.15, 0.2) is 12.1 Å². The molecule has 0 saturated heterocycles. The zero-order valence-electron chi connectivity index (χ0n) is 8.81. The maximum absolute atomic E-state index is 10.8. The molecule has 0 spiro atoms. The molecule has 0 aliphatic rings. The lowest BCUT2D eigenvalue weighted by atomic mass is 10.2. The number of hydrogen-bond donors (Lipinski definition) is 0. The van der Waals surface area contributed by atoms with Crippen LogP contribution >= 0.6 is 11.6 Å². The summed E-state index contributed by atoms with van der Waals surface area (Å²) in [6.45, 7) is 3.58. The van der Waals surface area contributed by atoms with Gasteiger partial charge in [0.1, 0.15) is 11.5 Å². The SMILES string of the molecule is Cc1nn(-c2cc(Cl)ncn2)c(C)c1C=O. The monoisotopic (exact) mass is 236 g/mol. The molecule has 0 aromatic carbocycles. The van der Waals surface area contributed by atoms with Crippen molar-refractivity contribution in [2.75, 3.05) is 0 Å². The van der Waals surface area contributed by atoms with E-state index in [0.29, 0.717) is 22.2 Å². The Bertz CT molecular complexity index is 550. The molecular formula is C10H9ClN4O. The van der Waals surface area contributed by atoms with Crippen molar-refractivity contribution < 1.29 is 4.79 Å². The van der Waals surface area contributed by atoms with Crippen LogP contribution in [0.5, 0.6) is 0 Å². The Balaban J connectivity index is 2.61. The van der Waals surface area contributed by atoms with Crippen LogP contribution in [0.3, 0.4) is 0 Å². The zero-order chi connectivity index (χ0) is 11.7. The summed E-state index contributed by atoms with van der Waals surface area (Å²) < 4.78 is 1.58. The molecule has 2 rings (SSSR count). The van der Waals surface area contributed by atoms with Crippen molar-refractivity contribution in [3.63, 3.8) is 0 Å². The highest BCUT2D eigenvalue weighted by molar-refractivity contribution is 6.29. The highest BCUT2D eigenvalue weighted by Gasteiger charge is 2.12. The molecule has 2 aromatic heterocycles. The summed E-state index contributed by atoms with van der Waals surface area (Å²) >= 11 is 5.77. The van der Waals surface area contributed by atoms with Crippen molar-refractivity contribution in [3.8, 4) is 5.82 Å². The first kappa shape index (κ1) is 10.8. The molecule has 82 valence electrons. The average molecular weight is 237 g/mol. The van der Waals surface area contributed by atoms with Crippen LogP contribution in [0.2, 0.25) is 5.15 Å². The standard InChI is InChI=1S/C10H9ClN4O/c1-6-8(4-16)7(2)15(14-6)10-3-9(11)12-5-13-10/h3-5H,1-2H3. The van der Waals surface area contributed by atoms with Gasteiger partial charge >= 0.3 is 0 Å². The minimum Gasteiger partial charge on any atom is -0.298 e. The van der Waals surface area contributed by atoms with E-state index >= 15 is 0 Å². The van der Waals surface area contributed by atoms with Gasteiger partial charge in [0.05, 0.1) is 17.0 Å². The Morgan fingerprint density at radius 2 is 2.12 bits per heavy atom. The van der Waals surface area contributed by atoms with E-state index in [9.17, 15) is 4.79 Å². The van der Waals surface area contributed by atoms with E-state index in [4.69, 9.17) is 11.6 Å². The average Bonchev–Trinajstić information content (AvgIpc) is 2.54. The predicted octanol–water partition coefficient (Wildman–Crippen LogP) is 1.75. The lowest BCUT2D eigenvalue weighted by molar-refractivity contribution is 0.112. The minimum atomic E-state index is 0.338. The van der Waals surface area contributed by atoms with Gasteiger partial charge in [0.2, 0.25) is 0 Å². The maximum Gasteiger partial charge on any atom is 0.158 e. The molecule has 0 fully saturated rings. The number of nitrogens with zero attached hydrogens (tertiary/aromatic N) is 4. The third-order valence-electron chi connectivity index (χ3n) is 2.30. The molecule has 0 radical (unpaired) electrons. The van der Waals surface area contributed by atoms with Crippen molar-refractivity contribution >= 4 is 17.9 Å². The van der Waals surface area contributed by atoms with Gasteiger partial charge in [-0.3, -0.25) is 4.79 Å². The Morgan fingerprint density at radius 3 is 2.69 bits per heavy atom. The number of rotatable bonds is 2. The summed E-state index contributed by atoms with van der Waals surface area (Å²) in [7, 11) is 0. The molecule has 0 N–H and O–H groups in total. The van der Waals surface area contributed by atoms with Gasteiger partial charge in [-0.15, -0.1) is 0 Å². The molecule has 0 saturated carbocycles. The first-order valence-corrected chi connectivity index (χ1v) is 5.00. The van der Waals surface area contributed by atoms with E-state index in [2.05, 4.69) is 15.1 Å². The van der Waals surface area contributed by atoms with Gasteiger partial charge < -0.3 is 0 Å². The molecule has 6 heteroatoms. The Morgan fingerprint density at radius 1 is 1.38 bits per heavy atom. The zero-order valence-corrected chi connectivity index (χ0v) is 9.56. The van der Waals surface area contributed by atoms with E-state index in [1.54, 1.807) is 24.6 Å². The van der Waals surface area contributed by atoms with Gasteiger partial charge in [0, 0.05) is 6.07 Å². The lowest BCUT2D eigenvalue weighted by Crippen LogP contribution is -2.02. The second kappa shape index (κ2) is 4.02. The smallest absolute Gasteiger partial charge is 0.158 e. The molecule has 16 heavy (non-hydrogen) atoms. The first-order valence-electron chi connectivity index (χ1n) is 4.63. The molecule has 5 nitrogen and oxygen atoms in total. The van der Waals surface area contributed by atoms with Crippen LogP contribution in [0.4, 0.5) is 0 Å². The van der Waals surface area contributed by atoms with Crippen molar-refractivity contribution in [1.29, 1.82) is 0 Å². The quantitative estimate of drug-likeness (QED) is 0.589. The number of hydrogen-bond acceptors (Lipinski definition) is 4. The fraction of sp³-hybridized carbons (Fsp3) is 0.200. The van der Waals surface area contributed by atoms with Crippen LogP contribution in [0.15, 0.2) is 12.4 Å². The molecule has 2 aromatic rings. The molecule has 0 aliphatic carbocycles. The van der Waals surface area contributed by atoms with Crippen molar-refractivity contribution in [2.45, 2.75) is 13.8 Å².